The summed E-state index contributed by atoms with van der Waals surface area (Å²) in [7, 11) is 1.12. The first-order chi connectivity index (χ1) is 9.56. The molecular formula is C14H23NO6. The van der Waals surface area contributed by atoms with Crippen LogP contribution in [0.25, 0.3) is 0 Å². The maximum Gasteiger partial charge on any atom is 0.418 e. The molecular weight excluding hydrogens is 278 g/mol. The van der Waals surface area contributed by atoms with E-state index in [1.54, 1.807) is 32.6 Å². The molecule has 7 heteroatoms. The Hall–Kier alpha value is -1.79. The Morgan fingerprint density at radius 2 is 1.57 bits per heavy atom. The molecule has 0 aromatic carbocycles. The van der Waals surface area contributed by atoms with E-state index >= 15 is 0 Å². The Morgan fingerprint density at radius 3 is 2.00 bits per heavy atom. The van der Waals surface area contributed by atoms with Crippen LogP contribution < -0.4 is 0 Å². The van der Waals surface area contributed by atoms with E-state index in [2.05, 4.69) is 4.74 Å². The molecule has 1 saturated heterocycles. The van der Waals surface area contributed by atoms with Crippen molar-refractivity contribution in [2.75, 3.05) is 20.2 Å². The smallest absolute Gasteiger partial charge is 0.418 e. The zero-order valence-corrected chi connectivity index (χ0v) is 13.2. The third kappa shape index (κ3) is 5.24. The molecule has 7 nitrogen and oxygen atoms in total. The molecule has 1 heterocycles. The fourth-order valence-electron chi connectivity index (χ4n) is 1.94. The second kappa shape index (κ2) is 6.32. The monoisotopic (exact) mass is 301 g/mol. The number of likely N-dealkylation sites (tertiary alicyclic amines) is 1. The Labute approximate surface area is 124 Å². The van der Waals surface area contributed by atoms with Crippen LogP contribution in [0.2, 0.25) is 0 Å². The number of carbonyl (C=O) groups excluding carboxylic acids is 3. The second-order valence-electron chi connectivity index (χ2n) is 6.30. The SMILES string of the molecule is COC(=O)C(=O)OC1(C)CCN(C(=O)OC(C)(C)C)CC1. The highest BCUT2D eigenvalue weighted by atomic mass is 16.6. The Kier molecular flexibility index (Phi) is 5.20. The van der Waals surface area contributed by atoms with E-state index in [1.165, 1.54) is 0 Å². The number of hydrogen-bond donors (Lipinski definition) is 0. The van der Waals surface area contributed by atoms with Crippen molar-refractivity contribution in [3.05, 3.63) is 0 Å². The summed E-state index contributed by atoms with van der Waals surface area (Å²) in [5.74, 6) is -2.03. The highest BCUT2D eigenvalue weighted by molar-refractivity contribution is 6.29. The van der Waals surface area contributed by atoms with Gasteiger partial charge in [0.1, 0.15) is 11.2 Å². The lowest BCUT2D eigenvalue weighted by Gasteiger charge is -2.38. The minimum atomic E-state index is -1.02. The Morgan fingerprint density at radius 1 is 1.05 bits per heavy atom. The summed E-state index contributed by atoms with van der Waals surface area (Å²) in [6.07, 6.45) is 0.494. The highest BCUT2D eigenvalue weighted by Gasteiger charge is 2.38. The zero-order chi connectivity index (χ0) is 16.3. The molecule has 0 radical (unpaired) electrons. The van der Waals surface area contributed by atoms with E-state index in [4.69, 9.17) is 9.47 Å². The van der Waals surface area contributed by atoms with Gasteiger partial charge >= 0.3 is 18.0 Å². The van der Waals surface area contributed by atoms with Gasteiger partial charge in [-0.15, -0.1) is 0 Å². The third-order valence-electron chi connectivity index (χ3n) is 3.16. The van der Waals surface area contributed by atoms with Crippen molar-refractivity contribution < 1.29 is 28.6 Å². The predicted octanol–water partition coefficient (Wildman–Crippen LogP) is 1.49. The van der Waals surface area contributed by atoms with Gasteiger partial charge in [0.2, 0.25) is 0 Å². The number of nitrogens with zero attached hydrogens (tertiary/aromatic N) is 1. The molecule has 0 atom stereocenters. The van der Waals surface area contributed by atoms with Crippen LogP contribution in [0, 0.1) is 0 Å². The Balaban J connectivity index is 2.52. The van der Waals surface area contributed by atoms with Gasteiger partial charge in [0.05, 0.1) is 7.11 Å². The molecule has 21 heavy (non-hydrogen) atoms. The van der Waals surface area contributed by atoms with Crippen molar-refractivity contribution >= 4 is 18.0 Å². The highest BCUT2D eigenvalue weighted by Crippen LogP contribution is 2.27. The van der Waals surface area contributed by atoms with E-state index in [1.807, 2.05) is 0 Å². The van der Waals surface area contributed by atoms with Gasteiger partial charge in [0.25, 0.3) is 0 Å². The van der Waals surface area contributed by atoms with E-state index in [0.717, 1.165) is 7.11 Å². The normalized spacial score (nSPS) is 17.9. The number of methoxy groups -OCH3 is 1. The number of ether oxygens (including phenoxy) is 3. The lowest BCUT2D eigenvalue weighted by Crippen LogP contribution is -2.49. The van der Waals surface area contributed by atoms with Crippen LogP contribution in [0.3, 0.4) is 0 Å². The molecule has 0 unspecified atom stereocenters. The molecule has 1 aliphatic heterocycles. The molecule has 0 saturated carbocycles. The van der Waals surface area contributed by atoms with Crippen molar-refractivity contribution in [1.82, 2.24) is 4.90 Å². The molecule has 0 N–H and O–H groups in total. The molecule has 0 aromatic heterocycles. The largest absolute Gasteiger partial charge is 0.461 e. The average molecular weight is 301 g/mol. The first-order valence-corrected chi connectivity index (χ1v) is 6.85. The molecule has 0 aliphatic carbocycles. The van der Waals surface area contributed by atoms with Crippen molar-refractivity contribution in [2.24, 2.45) is 0 Å². The third-order valence-corrected chi connectivity index (χ3v) is 3.16. The molecule has 120 valence electrons. The average Bonchev–Trinajstić information content (AvgIpc) is 2.35. The first-order valence-electron chi connectivity index (χ1n) is 6.85. The second-order valence-corrected chi connectivity index (χ2v) is 6.30. The molecule has 1 fully saturated rings. The van der Waals surface area contributed by atoms with E-state index < -0.39 is 23.1 Å². The van der Waals surface area contributed by atoms with Crippen LogP contribution in [0.15, 0.2) is 0 Å². The van der Waals surface area contributed by atoms with E-state index in [0.29, 0.717) is 25.9 Å². The summed E-state index contributed by atoms with van der Waals surface area (Å²) in [6.45, 7) is 7.95. The van der Waals surface area contributed by atoms with Gasteiger partial charge in [-0.3, -0.25) is 0 Å². The minimum absolute atomic E-state index is 0.385. The number of carbonyl (C=O) groups is 3. The first kappa shape index (κ1) is 17.3. The summed E-state index contributed by atoms with van der Waals surface area (Å²) in [4.78, 5) is 36.0. The van der Waals surface area contributed by atoms with Crippen LogP contribution in [0.4, 0.5) is 4.79 Å². The summed E-state index contributed by atoms with van der Waals surface area (Å²) in [5, 5.41) is 0. The zero-order valence-electron chi connectivity index (χ0n) is 13.2. The number of hydrogen-bond acceptors (Lipinski definition) is 6. The summed E-state index contributed by atoms with van der Waals surface area (Å²) < 4.78 is 14.8. The molecule has 1 aliphatic rings. The van der Waals surface area contributed by atoms with Crippen LogP contribution in [-0.2, 0) is 23.8 Å². The fourth-order valence-corrected chi connectivity index (χ4v) is 1.94. The molecule has 1 amide bonds. The van der Waals surface area contributed by atoms with Crippen molar-refractivity contribution in [3.63, 3.8) is 0 Å². The molecule has 1 rings (SSSR count). The van der Waals surface area contributed by atoms with Crippen LogP contribution in [0.1, 0.15) is 40.5 Å². The predicted molar refractivity (Wildman–Crippen MR) is 73.6 cm³/mol. The van der Waals surface area contributed by atoms with Crippen molar-refractivity contribution in [1.29, 1.82) is 0 Å². The standard InChI is InChI=1S/C14H23NO6/c1-13(2,3)21-12(18)15-8-6-14(4,7-9-15)20-11(17)10(16)19-5/h6-9H2,1-5H3. The van der Waals surface area contributed by atoms with Gasteiger partial charge in [-0.05, 0) is 27.7 Å². The van der Waals surface area contributed by atoms with Crippen molar-refractivity contribution in [3.8, 4) is 0 Å². The minimum Gasteiger partial charge on any atom is -0.461 e. The number of piperidine rings is 1. The van der Waals surface area contributed by atoms with Gasteiger partial charge in [-0.25, -0.2) is 14.4 Å². The van der Waals surface area contributed by atoms with Crippen LogP contribution in [-0.4, -0.2) is 54.3 Å². The maximum absolute atomic E-state index is 11.9. The van der Waals surface area contributed by atoms with E-state index in [-0.39, 0.29) is 6.09 Å². The van der Waals surface area contributed by atoms with Crippen molar-refractivity contribution in [2.45, 2.75) is 51.7 Å². The van der Waals surface area contributed by atoms with Gasteiger partial charge < -0.3 is 19.1 Å². The fraction of sp³-hybridized carbons (Fsp3) is 0.786. The lowest BCUT2D eigenvalue weighted by atomic mass is 9.93. The van der Waals surface area contributed by atoms with Gasteiger partial charge in [-0.2, -0.15) is 0 Å². The van der Waals surface area contributed by atoms with Crippen LogP contribution in [0.5, 0.6) is 0 Å². The number of esters is 2. The molecule has 0 spiro atoms. The molecule has 0 bridgehead atoms. The molecule has 0 aromatic rings. The number of rotatable bonds is 1. The lowest BCUT2D eigenvalue weighted by molar-refractivity contribution is -0.177. The van der Waals surface area contributed by atoms with Gasteiger partial charge in [0, 0.05) is 25.9 Å². The van der Waals surface area contributed by atoms with E-state index in [9.17, 15) is 14.4 Å². The van der Waals surface area contributed by atoms with Gasteiger partial charge in [0.15, 0.2) is 0 Å². The summed E-state index contributed by atoms with van der Waals surface area (Å²) in [5.41, 5.74) is -1.32. The number of amides is 1. The Bertz CT molecular complexity index is 418. The maximum atomic E-state index is 11.9. The quantitative estimate of drug-likeness (QED) is 0.414. The summed E-state index contributed by atoms with van der Waals surface area (Å²) >= 11 is 0. The topological polar surface area (TPSA) is 82.1 Å². The summed E-state index contributed by atoms with van der Waals surface area (Å²) in [6, 6.07) is 0. The van der Waals surface area contributed by atoms with Gasteiger partial charge in [-0.1, -0.05) is 0 Å². The van der Waals surface area contributed by atoms with Crippen LogP contribution >= 0.6 is 0 Å².